The smallest absolute Gasteiger partial charge is 0.253 e. The van der Waals surface area contributed by atoms with Crippen molar-refractivity contribution in [3.05, 3.63) is 73.6 Å². The van der Waals surface area contributed by atoms with E-state index >= 15 is 0 Å². The molecule has 0 unspecified atom stereocenters. The number of hydrogen-bond donors (Lipinski definition) is 0. The van der Waals surface area contributed by atoms with Crippen LogP contribution in [0, 0.1) is 0 Å². The van der Waals surface area contributed by atoms with Crippen LogP contribution in [0.4, 0.5) is 17.1 Å². The Morgan fingerprint density at radius 2 is 0.833 bits per heavy atom. The maximum atomic E-state index is 6.17. The van der Waals surface area contributed by atoms with Crippen LogP contribution < -0.4 is 28.4 Å². The molecule has 0 N–H and O–H groups in total. The zero-order valence-electron chi connectivity index (χ0n) is 22.4. The zero-order valence-corrected chi connectivity index (χ0v) is 22.4. The van der Waals surface area contributed by atoms with Gasteiger partial charge in [-0.15, -0.1) is 0 Å². The Morgan fingerprint density at radius 1 is 0.528 bits per heavy atom. The minimum absolute atomic E-state index is 0.214. The van der Waals surface area contributed by atoms with Crippen LogP contribution in [0.5, 0.6) is 0 Å². The summed E-state index contributed by atoms with van der Waals surface area (Å²) in [6.45, 7) is 2.14. The van der Waals surface area contributed by atoms with E-state index in [1.165, 1.54) is 0 Å². The summed E-state index contributed by atoms with van der Waals surface area (Å²) in [6, 6.07) is 12.4. The molecule has 3 rings (SSSR count). The molecule has 0 aromatic carbocycles. The molecule has 0 spiro atoms. The second kappa shape index (κ2) is 13.7. The third kappa shape index (κ3) is 8.75. The summed E-state index contributed by atoms with van der Waals surface area (Å²) < 4.78 is 24.1. The molecule has 0 aliphatic rings. The van der Waals surface area contributed by atoms with Crippen molar-refractivity contribution in [1.82, 2.24) is 0 Å². The van der Waals surface area contributed by atoms with Gasteiger partial charge in [0.2, 0.25) is 0 Å². The predicted octanol–water partition coefficient (Wildman–Crippen LogP) is 1.44. The Balaban J connectivity index is 1.53. The number of hydrogen-bond acceptors (Lipinski definition) is 6. The van der Waals surface area contributed by atoms with Gasteiger partial charge in [0.15, 0.2) is 37.2 Å². The fourth-order valence-corrected chi connectivity index (χ4v) is 3.42. The van der Waals surface area contributed by atoms with Gasteiger partial charge in [-0.3, -0.25) is 0 Å². The SMILES string of the molecule is CN(C)c1cc[n+](COCC(COC[n+]2ccc(N(C)C)cc2)OC[n+]2ccc(N(C)C)cc2)cc1. The highest BCUT2D eigenvalue weighted by molar-refractivity contribution is 5.42. The van der Waals surface area contributed by atoms with Crippen molar-refractivity contribution >= 4 is 17.1 Å². The van der Waals surface area contributed by atoms with Gasteiger partial charge in [-0.25, -0.2) is 0 Å². The molecule has 0 aliphatic heterocycles. The van der Waals surface area contributed by atoms with Gasteiger partial charge in [-0.2, -0.15) is 13.7 Å². The molecule has 0 radical (unpaired) electrons. The number of aromatic nitrogens is 3. The maximum absolute atomic E-state index is 6.17. The Labute approximate surface area is 215 Å². The summed E-state index contributed by atoms with van der Waals surface area (Å²) in [5, 5.41) is 0. The average molecular weight is 498 g/mol. The molecule has 0 fully saturated rings. The van der Waals surface area contributed by atoms with Crippen molar-refractivity contribution < 1.29 is 27.9 Å². The number of pyridine rings is 3. The van der Waals surface area contributed by atoms with E-state index in [4.69, 9.17) is 14.2 Å². The molecule has 36 heavy (non-hydrogen) atoms. The van der Waals surface area contributed by atoms with Crippen LogP contribution >= 0.6 is 0 Å². The van der Waals surface area contributed by atoms with Crippen molar-refractivity contribution in [3.63, 3.8) is 0 Å². The van der Waals surface area contributed by atoms with Crippen LogP contribution in [0.15, 0.2) is 73.6 Å². The Bertz CT molecular complexity index is 967. The summed E-state index contributed by atoms with van der Waals surface area (Å²) in [6.07, 6.45) is 11.9. The number of anilines is 3. The molecule has 9 heteroatoms. The second-order valence-electron chi connectivity index (χ2n) is 9.31. The molecule has 194 valence electrons. The highest BCUT2D eigenvalue weighted by Crippen LogP contribution is 2.08. The van der Waals surface area contributed by atoms with Gasteiger partial charge in [0.25, 0.3) is 20.2 Å². The van der Waals surface area contributed by atoms with Gasteiger partial charge in [0.1, 0.15) is 6.10 Å². The van der Waals surface area contributed by atoms with E-state index in [1.807, 2.05) is 93.2 Å². The van der Waals surface area contributed by atoms with Crippen molar-refractivity contribution in [2.75, 3.05) is 70.2 Å². The highest BCUT2D eigenvalue weighted by Gasteiger charge is 2.16. The first-order valence-corrected chi connectivity index (χ1v) is 12.1. The number of ether oxygens (including phenoxy) is 3. The summed E-state index contributed by atoms with van der Waals surface area (Å²) >= 11 is 0. The van der Waals surface area contributed by atoms with E-state index in [2.05, 4.69) is 51.1 Å². The van der Waals surface area contributed by atoms with Crippen molar-refractivity contribution in [2.24, 2.45) is 0 Å². The topological polar surface area (TPSA) is 49.1 Å². The molecule has 9 nitrogen and oxygen atoms in total. The first-order valence-electron chi connectivity index (χ1n) is 12.1. The Kier molecular flexibility index (Phi) is 10.4. The maximum Gasteiger partial charge on any atom is 0.253 e. The standard InChI is InChI=1S/C27H41N6O3/c1-28(2)24-7-13-31(14-8-24)21-34-19-27(36-23-33-17-11-26(12-18-33)30(5)6)20-35-22-32-15-9-25(10-16-32)29(3)4/h7-18,27H,19-23H2,1-6H3/q+3. The van der Waals surface area contributed by atoms with Gasteiger partial charge in [-0.1, -0.05) is 0 Å². The summed E-state index contributed by atoms with van der Waals surface area (Å²) in [5.74, 6) is 0. The average Bonchev–Trinajstić information content (AvgIpc) is 2.87. The van der Waals surface area contributed by atoms with Gasteiger partial charge >= 0.3 is 0 Å². The molecule has 0 atom stereocenters. The lowest BCUT2D eigenvalue weighted by Crippen LogP contribution is -2.41. The molecule has 0 saturated carbocycles. The third-order valence-corrected chi connectivity index (χ3v) is 5.72. The summed E-state index contributed by atoms with van der Waals surface area (Å²) in [4.78, 5) is 6.21. The van der Waals surface area contributed by atoms with E-state index in [1.54, 1.807) is 0 Å². The van der Waals surface area contributed by atoms with Crippen LogP contribution in [0.25, 0.3) is 0 Å². The monoisotopic (exact) mass is 497 g/mol. The van der Waals surface area contributed by atoms with Crippen LogP contribution in [-0.4, -0.2) is 61.6 Å². The number of rotatable bonds is 14. The van der Waals surface area contributed by atoms with Crippen LogP contribution in [0.2, 0.25) is 0 Å². The quantitative estimate of drug-likeness (QED) is 0.314. The molecular weight excluding hydrogens is 456 g/mol. The molecule has 3 heterocycles. The minimum Gasteiger partial charge on any atom is -0.377 e. The van der Waals surface area contributed by atoms with Gasteiger partial charge in [0, 0.05) is 95.7 Å². The van der Waals surface area contributed by atoms with Gasteiger partial charge in [0.05, 0.1) is 13.2 Å². The lowest BCUT2D eigenvalue weighted by molar-refractivity contribution is -0.742. The molecule has 0 aliphatic carbocycles. The van der Waals surface area contributed by atoms with Crippen molar-refractivity contribution in [1.29, 1.82) is 0 Å². The van der Waals surface area contributed by atoms with Crippen LogP contribution in [-0.2, 0) is 34.4 Å². The van der Waals surface area contributed by atoms with Gasteiger partial charge in [-0.05, 0) is 0 Å². The van der Waals surface area contributed by atoms with Crippen LogP contribution in [0.1, 0.15) is 0 Å². The largest absolute Gasteiger partial charge is 0.377 e. The molecule has 3 aromatic rings. The van der Waals surface area contributed by atoms with Crippen molar-refractivity contribution in [2.45, 2.75) is 26.3 Å². The first-order chi connectivity index (χ1) is 17.3. The second-order valence-corrected chi connectivity index (χ2v) is 9.31. The molecule has 0 bridgehead atoms. The van der Waals surface area contributed by atoms with E-state index in [0.29, 0.717) is 33.4 Å². The Hall–Kier alpha value is -3.27. The minimum atomic E-state index is -0.214. The fraction of sp³-hybridized carbons (Fsp3) is 0.444. The number of nitrogens with zero attached hydrogens (tertiary/aromatic N) is 6. The van der Waals surface area contributed by atoms with E-state index < -0.39 is 0 Å². The molecule has 0 saturated heterocycles. The van der Waals surface area contributed by atoms with Crippen LogP contribution in [0.3, 0.4) is 0 Å². The van der Waals surface area contributed by atoms with E-state index in [-0.39, 0.29) is 6.10 Å². The lowest BCUT2D eigenvalue weighted by atomic mass is 10.4. The molecule has 3 aromatic heterocycles. The van der Waals surface area contributed by atoms with Crippen molar-refractivity contribution in [3.8, 4) is 0 Å². The van der Waals surface area contributed by atoms with E-state index in [9.17, 15) is 0 Å². The highest BCUT2D eigenvalue weighted by atomic mass is 16.6. The molecular formula is C27H41N6O3+3. The lowest BCUT2D eigenvalue weighted by Gasteiger charge is -2.16. The summed E-state index contributed by atoms with van der Waals surface area (Å²) in [5.41, 5.74) is 3.44. The first kappa shape index (κ1) is 27.3. The predicted molar refractivity (Wildman–Crippen MR) is 140 cm³/mol. The van der Waals surface area contributed by atoms with E-state index in [0.717, 1.165) is 17.1 Å². The van der Waals surface area contributed by atoms with Gasteiger partial charge < -0.3 is 28.9 Å². The molecule has 0 amide bonds. The normalized spacial score (nSPS) is 11.1. The summed E-state index contributed by atoms with van der Waals surface area (Å²) in [7, 11) is 12.2. The fourth-order valence-electron chi connectivity index (χ4n) is 3.42. The Morgan fingerprint density at radius 3 is 1.14 bits per heavy atom. The zero-order chi connectivity index (χ0) is 25.9. The third-order valence-electron chi connectivity index (χ3n) is 5.72.